The quantitative estimate of drug-likeness (QED) is 0.183. The van der Waals surface area contributed by atoms with Crippen molar-refractivity contribution in [3.63, 3.8) is 0 Å². The zero-order chi connectivity index (χ0) is 36.1. The second-order valence-electron chi connectivity index (χ2n) is 14.6. The minimum atomic E-state index is -0.437. The molecule has 2 heterocycles. The lowest BCUT2D eigenvalue weighted by Crippen LogP contribution is -2.26. The van der Waals surface area contributed by atoms with E-state index < -0.39 is 5.41 Å². The summed E-state index contributed by atoms with van der Waals surface area (Å²) >= 11 is 0. The Balaban J connectivity index is 1.13. The Labute approximate surface area is 318 Å². The number of nitrogens with zero attached hydrogens (tertiary/aromatic N) is 2. The van der Waals surface area contributed by atoms with Gasteiger partial charge in [0.05, 0.1) is 11.1 Å². The standard InChI is InChI=1S/C52H32N2O/c1-2-13-33(14-3-1)34-25-27-36(28-26-34)54(37-29-30-42-48(31-37)55-51-38-16-5-4-15-35(38)32-53-50(42)51)47-24-12-23-46-49(47)41-19-8-11-22-45(41)52(46)43-20-9-6-17-39(43)40-18-7-10-21-44(40)52/h1-32H. The monoisotopic (exact) mass is 700 g/mol. The molecular weight excluding hydrogens is 669 g/mol. The summed E-state index contributed by atoms with van der Waals surface area (Å²) in [7, 11) is 0. The van der Waals surface area contributed by atoms with Crippen LogP contribution >= 0.6 is 0 Å². The number of fused-ring (bicyclic) bond motifs is 15. The molecule has 12 rings (SSSR count). The molecule has 256 valence electrons. The Kier molecular flexibility index (Phi) is 6.26. The lowest BCUT2D eigenvalue weighted by Gasteiger charge is -2.31. The van der Waals surface area contributed by atoms with Gasteiger partial charge < -0.3 is 9.32 Å². The summed E-state index contributed by atoms with van der Waals surface area (Å²) < 4.78 is 6.72. The molecule has 0 fully saturated rings. The fourth-order valence-corrected chi connectivity index (χ4v) is 9.64. The molecule has 0 amide bonds. The summed E-state index contributed by atoms with van der Waals surface area (Å²) in [5.74, 6) is 0. The van der Waals surface area contributed by atoms with Gasteiger partial charge in [-0.15, -0.1) is 0 Å². The Bertz CT molecular complexity index is 3110. The van der Waals surface area contributed by atoms with Gasteiger partial charge in [-0.25, -0.2) is 0 Å². The lowest BCUT2D eigenvalue weighted by atomic mass is 9.70. The zero-order valence-corrected chi connectivity index (χ0v) is 29.8. The number of aromatic nitrogens is 1. The molecule has 0 atom stereocenters. The first-order valence-corrected chi connectivity index (χ1v) is 18.9. The van der Waals surface area contributed by atoms with Gasteiger partial charge in [-0.2, -0.15) is 0 Å². The van der Waals surface area contributed by atoms with Gasteiger partial charge >= 0.3 is 0 Å². The SMILES string of the molecule is c1ccc(-c2ccc(N(c3ccc4c(c3)oc3c5ccccc5cnc43)c3cccc4c3-c3ccccc3C43c4ccccc4-c4ccccc43)cc2)cc1. The van der Waals surface area contributed by atoms with Crippen LogP contribution in [0.4, 0.5) is 17.1 Å². The van der Waals surface area contributed by atoms with Crippen molar-refractivity contribution in [3.05, 3.63) is 217 Å². The maximum Gasteiger partial charge on any atom is 0.161 e. The molecule has 0 radical (unpaired) electrons. The van der Waals surface area contributed by atoms with Gasteiger partial charge in [-0.1, -0.05) is 152 Å². The maximum atomic E-state index is 6.72. The van der Waals surface area contributed by atoms with E-state index in [1.54, 1.807) is 0 Å². The van der Waals surface area contributed by atoms with Gasteiger partial charge in [-0.3, -0.25) is 4.98 Å². The zero-order valence-electron chi connectivity index (χ0n) is 29.8. The molecule has 2 aliphatic rings. The Morgan fingerprint density at radius 3 is 1.82 bits per heavy atom. The highest BCUT2D eigenvalue weighted by molar-refractivity contribution is 6.13. The maximum absolute atomic E-state index is 6.72. The van der Waals surface area contributed by atoms with Crippen LogP contribution in [0.15, 0.2) is 199 Å². The van der Waals surface area contributed by atoms with Crippen LogP contribution in [0.25, 0.3) is 66.2 Å². The molecule has 0 unspecified atom stereocenters. The van der Waals surface area contributed by atoms with Crippen LogP contribution in [-0.2, 0) is 5.41 Å². The van der Waals surface area contributed by atoms with E-state index in [-0.39, 0.29) is 0 Å². The van der Waals surface area contributed by atoms with Gasteiger partial charge in [0.1, 0.15) is 11.1 Å². The molecule has 0 aliphatic heterocycles. The molecule has 2 aliphatic carbocycles. The second-order valence-corrected chi connectivity index (χ2v) is 14.6. The van der Waals surface area contributed by atoms with Crippen LogP contribution in [0.3, 0.4) is 0 Å². The fourth-order valence-electron chi connectivity index (χ4n) is 9.64. The van der Waals surface area contributed by atoms with E-state index in [1.807, 2.05) is 12.3 Å². The highest BCUT2D eigenvalue weighted by Crippen LogP contribution is 2.64. The van der Waals surface area contributed by atoms with E-state index in [0.29, 0.717) is 0 Å². The first-order valence-electron chi connectivity index (χ1n) is 18.9. The van der Waals surface area contributed by atoms with E-state index >= 15 is 0 Å². The average molecular weight is 701 g/mol. The van der Waals surface area contributed by atoms with Crippen LogP contribution in [0.1, 0.15) is 22.3 Å². The summed E-state index contributed by atoms with van der Waals surface area (Å²) in [6, 6.07) is 68.3. The molecule has 10 aromatic rings. The lowest BCUT2D eigenvalue weighted by molar-refractivity contribution is 0.672. The number of furan rings is 1. The highest BCUT2D eigenvalue weighted by atomic mass is 16.3. The Hall–Kier alpha value is -7.23. The second kappa shape index (κ2) is 11.4. The summed E-state index contributed by atoms with van der Waals surface area (Å²) in [5.41, 5.74) is 18.0. The van der Waals surface area contributed by atoms with Crippen molar-refractivity contribution in [2.75, 3.05) is 4.90 Å². The highest BCUT2D eigenvalue weighted by Gasteiger charge is 2.52. The fraction of sp³-hybridized carbons (Fsp3) is 0.0192. The Morgan fingerprint density at radius 1 is 0.455 bits per heavy atom. The predicted octanol–water partition coefficient (Wildman–Crippen LogP) is 13.6. The molecule has 55 heavy (non-hydrogen) atoms. The van der Waals surface area contributed by atoms with Crippen molar-refractivity contribution < 1.29 is 4.42 Å². The predicted molar refractivity (Wildman–Crippen MR) is 225 cm³/mol. The molecule has 0 saturated heterocycles. The minimum absolute atomic E-state index is 0.437. The summed E-state index contributed by atoms with van der Waals surface area (Å²) in [4.78, 5) is 7.28. The third kappa shape index (κ3) is 4.12. The molecular formula is C52H32N2O. The third-order valence-corrected chi connectivity index (χ3v) is 11.9. The molecule has 2 aromatic heterocycles. The number of hydrogen-bond acceptors (Lipinski definition) is 3. The van der Waals surface area contributed by atoms with E-state index in [1.165, 1.54) is 55.6 Å². The first-order chi connectivity index (χ1) is 27.3. The van der Waals surface area contributed by atoms with E-state index in [4.69, 9.17) is 9.40 Å². The van der Waals surface area contributed by atoms with Crippen molar-refractivity contribution in [2.24, 2.45) is 0 Å². The van der Waals surface area contributed by atoms with Crippen molar-refractivity contribution >= 4 is 49.9 Å². The minimum Gasteiger partial charge on any atom is -0.454 e. The number of hydrogen-bond donors (Lipinski definition) is 0. The molecule has 0 saturated carbocycles. The molecule has 0 N–H and O–H groups in total. The third-order valence-electron chi connectivity index (χ3n) is 11.9. The summed E-state index contributed by atoms with van der Waals surface area (Å²) in [5, 5.41) is 3.14. The molecule has 1 spiro atoms. The molecule has 3 heteroatoms. The van der Waals surface area contributed by atoms with E-state index in [9.17, 15) is 0 Å². The normalized spacial score (nSPS) is 13.2. The van der Waals surface area contributed by atoms with Crippen molar-refractivity contribution in [1.29, 1.82) is 0 Å². The van der Waals surface area contributed by atoms with E-state index in [0.717, 1.165) is 49.9 Å². The Morgan fingerprint density at radius 2 is 1.05 bits per heavy atom. The number of rotatable bonds is 4. The van der Waals surface area contributed by atoms with Gasteiger partial charge in [-0.05, 0) is 80.4 Å². The van der Waals surface area contributed by atoms with Crippen molar-refractivity contribution in [3.8, 4) is 33.4 Å². The van der Waals surface area contributed by atoms with Gasteiger partial charge in [0.15, 0.2) is 5.58 Å². The van der Waals surface area contributed by atoms with Crippen LogP contribution in [-0.4, -0.2) is 4.98 Å². The number of benzene rings is 8. The van der Waals surface area contributed by atoms with Crippen LogP contribution in [0.5, 0.6) is 0 Å². The van der Waals surface area contributed by atoms with Crippen LogP contribution in [0, 0.1) is 0 Å². The average Bonchev–Trinajstić information content (AvgIpc) is 3.89. The number of pyridine rings is 1. The summed E-state index contributed by atoms with van der Waals surface area (Å²) in [6.45, 7) is 0. The van der Waals surface area contributed by atoms with Gasteiger partial charge in [0, 0.05) is 45.4 Å². The first kappa shape index (κ1) is 30.3. The van der Waals surface area contributed by atoms with E-state index in [2.05, 4.69) is 187 Å². The molecule has 0 bridgehead atoms. The topological polar surface area (TPSA) is 29.3 Å². The van der Waals surface area contributed by atoms with Crippen molar-refractivity contribution in [1.82, 2.24) is 4.98 Å². The van der Waals surface area contributed by atoms with Gasteiger partial charge in [0.25, 0.3) is 0 Å². The van der Waals surface area contributed by atoms with Crippen LogP contribution < -0.4 is 4.90 Å². The van der Waals surface area contributed by atoms with Gasteiger partial charge in [0.2, 0.25) is 0 Å². The smallest absolute Gasteiger partial charge is 0.161 e. The number of anilines is 3. The molecule has 8 aromatic carbocycles. The largest absolute Gasteiger partial charge is 0.454 e. The van der Waals surface area contributed by atoms with Crippen molar-refractivity contribution in [2.45, 2.75) is 5.41 Å². The summed E-state index contributed by atoms with van der Waals surface area (Å²) in [6.07, 6.45) is 1.95. The van der Waals surface area contributed by atoms with Crippen LogP contribution in [0.2, 0.25) is 0 Å². The molecule has 3 nitrogen and oxygen atoms in total.